The highest BCUT2D eigenvalue weighted by molar-refractivity contribution is 5.82. The van der Waals surface area contributed by atoms with E-state index in [-0.39, 0.29) is 24.1 Å². The average molecular weight is 393 g/mol. The Morgan fingerprint density at radius 2 is 1.76 bits per heavy atom. The summed E-state index contributed by atoms with van der Waals surface area (Å²) in [5.74, 6) is -0.256. The number of hydrogen-bond donors (Lipinski definition) is 1. The van der Waals surface area contributed by atoms with Gasteiger partial charge in [-0.15, -0.1) is 0 Å². The lowest BCUT2D eigenvalue weighted by Crippen LogP contribution is -2.43. The molecule has 0 saturated heterocycles. The van der Waals surface area contributed by atoms with Crippen molar-refractivity contribution in [2.45, 2.75) is 53.6 Å². The number of benzene rings is 2. The maximum absolute atomic E-state index is 13.3. The summed E-state index contributed by atoms with van der Waals surface area (Å²) < 4.78 is 2.54. The van der Waals surface area contributed by atoms with E-state index in [1.165, 1.54) is 4.57 Å². The normalized spacial score (nSPS) is 12.2. The number of hydrogen-bond acceptors (Lipinski definition) is 3. The maximum Gasteiger partial charge on any atom is 0.336 e. The van der Waals surface area contributed by atoms with Crippen LogP contribution in [0.5, 0.6) is 0 Å². The Bertz CT molecular complexity index is 1200. The molecule has 0 aliphatic rings. The molecule has 6 heteroatoms. The van der Waals surface area contributed by atoms with Crippen molar-refractivity contribution in [1.29, 1.82) is 0 Å². The van der Waals surface area contributed by atoms with Crippen LogP contribution in [-0.2, 0) is 11.3 Å². The summed E-state index contributed by atoms with van der Waals surface area (Å²) in [6.07, 6.45) is 0.794. The fourth-order valence-corrected chi connectivity index (χ4v) is 3.30. The highest BCUT2D eigenvalue weighted by atomic mass is 16.2. The van der Waals surface area contributed by atoms with Gasteiger partial charge in [-0.05, 0) is 69.5 Å². The number of nitrogens with zero attached hydrogens (tertiary/aromatic N) is 2. The third-order valence-electron chi connectivity index (χ3n) is 5.37. The third kappa shape index (κ3) is 4.01. The number of carbonyl (C=O) groups is 1. The van der Waals surface area contributed by atoms with E-state index in [0.29, 0.717) is 16.6 Å². The van der Waals surface area contributed by atoms with Crippen LogP contribution in [0.3, 0.4) is 0 Å². The SMILES string of the molecule is CCC(C)NC(=O)Cn1c(=O)n(-c2ccc(C)c(C)c2)c(=O)c2cc(C)ccc21. The number of rotatable bonds is 5. The monoisotopic (exact) mass is 393 g/mol. The lowest BCUT2D eigenvalue weighted by Gasteiger charge is -2.16. The molecule has 3 rings (SSSR count). The summed E-state index contributed by atoms with van der Waals surface area (Å²) in [6.45, 7) is 9.56. The van der Waals surface area contributed by atoms with Gasteiger partial charge in [0.2, 0.25) is 5.91 Å². The molecule has 1 aromatic heterocycles. The highest BCUT2D eigenvalue weighted by Crippen LogP contribution is 2.15. The molecule has 1 N–H and O–H groups in total. The molecule has 0 aliphatic heterocycles. The molecular weight excluding hydrogens is 366 g/mol. The third-order valence-corrected chi connectivity index (χ3v) is 5.37. The minimum absolute atomic E-state index is 0.0114. The second kappa shape index (κ2) is 8.07. The van der Waals surface area contributed by atoms with Gasteiger partial charge in [0.25, 0.3) is 5.56 Å². The topological polar surface area (TPSA) is 73.1 Å². The van der Waals surface area contributed by atoms with Gasteiger partial charge in [-0.2, -0.15) is 0 Å². The molecule has 29 heavy (non-hydrogen) atoms. The first-order valence-corrected chi connectivity index (χ1v) is 9.86. The zero-order valence-corrected chi connectivity index (χ0v) is 17.6. The predicted octanol–water partition coefficient (Wildman–Crippen LogP) is 2.99. The molecule has 1 unspecified atom stereocenters. The number of aryl methyl sites for hydroxylation is 3. The molecule has 0 fully saturated rings. The Balaban J connectivity index is 2.27. The molecule has 0 bridgehead atoms. The van der Waals surface area contributed by atoms with E-state index >= 15 is 0 Å². The van der Waals surface area contributed by atoms with E-state index in [1.54, 1.807) is 18.2 Å². The largest absolute Gasteiger partial charge is 0.352 e. The van der Waals surface area contributed by atoms with Crippen molar-refractivity contribution >= 4 is 16.8 Å². The van der Waals surface area contributed by atoms with Crippen LogP contribution < -0.4 is 16.6 Å². The van der Waals surface area contributed by atoms with Crippen LogP contribution >= 0.6 is 0 Å². The number of fused-ring (bicyclic) bond motifs is 1. The van der Waals surface area contributed by atoms with Gasteiger partial charge in [0.1, 0.15) is 6.54 Å². The van der Waals surface area contributed by atoms with Crippen LogP contribution in [0.2, 0.25) is 0 Å². The second-order valence-corrected chi connectivity index (χ2v) is 7.68. The summed E-state index contributed by atoms with van der Waals surface area (Å²) in [6, 6.07) is 10.8. The Kier molecular flexibility index (Phi) is 5.73. The van der Waals surface area contributed by atoms with E-state index in [2.05, 4.69) is 5.32 Å². The molecule has 0 saturated carbocycles. The molecule has 3 aromatic rings. The van der Waals surface area contributed by atoms with Crippen LogP contribution in [0.1, 0.15) is 37.0 Å². The maximum atomic E-state index is 13.3. The van der Waals surface area contributed by atoms with E-state index in [0.717, 1.165) is 27.7 Å². The molecule has 1 heterocycles. The van der Waals surface area contributed by atoms with Gasteiger partial charge in [0.05, 0.1) is 16.6 Å². The van der Waals surface area contributed by atoms with Crippen molar-refractivity contribution < 1.29 is 4.79 Å². The fraction of sp³-hybridized carbons (Fsp3) is 0.348. The summed E-state index contributed by atoms with van der Waals surface area (Å²) in [4.78, 5) is 39.0. The van der Waals surface area contributed by atoms with Crippen molar-refractivity contribution in [3.05, 3.63) is 73.9 Å². The Labute approximate surface area is 169 Å². The van der Waals surface area contributed by atoms with Crippen LogP contribution in [0.15, 0.2) is 46.0 Å². The van der Waals surface area contributed by atoms with Gasteiger partial charge in [0.15, 0.2) is 0 Å². The van der Waals surface area contributed by atoms with E-state index in [4.69, 9.17) is 0 Å². The van der Waals surface area contributed by atoms with Crippen molar-refractivity contribution in [3.8, 4) is 5.69 Å². The molecule has 0 aliphatic carbocycles. The van der Waals surface area contributed by atoms with Crippen molar-refractivity contribution in [1.82, 2.24) is 14.5 Å². The van der Waals surface area contributed by atoms with Crippen molar-refractivity contribution in [3.63, 3.8) is 0 Å². The second-order valence-electron chi connectivity index (χ2n) is 7.68. The summed E-state index contributed by atoms with van der Waals surface area (Å²) in [7, 11) is 0. The van der Waals surface area contributed by atoms with Crippen LogP contribution in [0.25, 0.3) is 16.6 Å². The number of amides is 1. The first-order chi connectivity index (χ1) is 13.7. The molecular formula is C23H27N3O3. The summed E-state index contributed by atoms with van der Waals surface area (Å²) in [5, 5.41) is 3.30. The van der Waals surface area contributed by atoms with E-state index < -0.39 is 5.69 Å². The molecule has 1 atom stereocenters. The van der Waals surface area contributed by atoms with E-state index in [9.17, 15) is 14.4 Å². The molecule has 1 amide bonds. The Morgan fingerprint density at radius 3 is 2.41 bits per heavy atom. The molecule has 152 valence electrons. The summed E-state index contributed by atoms with van der Waals surface area (Å²) in [5.41, 5.74) is 3.04. The lowest BCUT2D eigenvalue weighted by atomic mass is 10.1. The number of carbonyl (C=O) groups excluding carboxylic acids is 1. The molecule has 2 aromatic carbocycles. The molecule has 0 spiro atoms. The van der Waals surface area contributed by atoms with Crippen molar-refractivity contribution in [2.75, 3.05) is 0 Å². The van der Waals surface area contributed by atoms with E-state index in [1.807, 2.05) is 52.8 Å². The smallest absolute Gasteiger partial charge is 0.336 e. The van der Waals surface area contributed by atoms with Crippen LogP contribution in [-0.4, -0.2) is 21.1 Å². The fourth-order valence-electron chi connectivity index (χ4n) is 3.30. The molecule has 6 nitrogen and oxygen atoms in total. The Hall–Kier alpha value is -3.15. The number of nitrogens with one attached hydrogen (secondary N) is 1. The highest BCUT2D eigenvalue weighted by Gasteiger charge is 2.17. The van der Waals surface area contributed by atoms with Crippen molar-refractivity contribution in [2.24, 2.45) is 0 Å². The average Bonchev–Trinajstić information content (AvgIpc) is 2.68. The quantitative estimate of drug-likeness (QED) is 0.724. The zero-order chi connectivity index (χ0) is 21.3. The summed E-state index contributed by atoms with van der Waals surface area (Å²) >= 11 is 0. The first-order valence-electron chi connectivity index (χ1n) is 9.86. The van der Waals surface area contributed by atoms with Gasteiger partial charge in [-0.3, -0.25) is 14.2 Å². The predicted molar refractivity (Wildman–Crippen MR) is 116 cm³/mol. The van der Waals surface area contributed by atoms with Crippen LogP contribution in [0.4, 0.5) is 0 Å². The lowest BCUT2D eigenvalue weighted by molar-refractivity contribution is -0.122. The zero-order valence-electron chi connectivity index (χ0n) is 17.6. The Morgan fingerprint density at radius 1 is 1.03 bits per heavy atom. The minimum atomic E-state index is -0.520. The number of aromatic nitrogens is 2. The van der Waals surface area contributed by atoms with Gasteiger partial charge in [-0.1, -0.05) is 24.6 Å². The van der Waals surface area contributed by atoms with Gasteiger partial charge in [0, 0.05) is 6.04 Å². The minimum Gasteiger partial charge on any atom is -0.352 e. The van der Waals surface area contributed by atoms with Gasteiger partial charge in [-0.25, -0.2) is 9.36 Å². The standard InChI is InChI=1S/C23H27N3O3/c1-6-17(5)24-21(27)13-25-20-10-7-14(2)11-19(20)22(28)26(23(25)29)18-9-8-15(3)16(4)12-18/h7-12,17H,6,13H2,1-5H3,(H,24,27). The molecule has 0 radical (unpaired) electrons. The van der Waals surface area contributed by atoms with Gasteiger partial charge < -0.3 is 5.32 Å². The van der Waals surface area contributed by atoms with Crippen LogP contribution in [0, 0.1) is 20.8 Å². The first kappa shape index (κ1) is 20.6. The van der Waals surface area contributed by atoms with Gasteiger partial charge >= 0.3 is 5.69 Å².